The van der Waals surface area contributed by atoms with Crippen LogP contribution in [0.5, 0.6) is 0 Å². The zero-order chi connectivity index (χ0) is 27.2. The minimum absolute atomic E-state index is 0.0319. The molecule has 3 aromatic carbocycles. The number of fused-ring (bicyclic) bond motifs is 1. The molecular formula is C31H32N4O3S. The van der Waals surface area contributed by atoms with Crippen LogP contribution in [0.4, 0.5) is 5.69 Å². The number of benzene rings is 3. The predicted octanol–water partition coefficient (Wildman–Crippen LogP) is 5.17. The number of nitrogens with zero attached hydrogens (tertiary/aromatic N) is 3. The first-order valence-corrected chi connectivity index (χ1v) is 14.7. The van der Waals surface area contributed by atoms with Crippen LogP contribution < -0.4 is 9.62 Å². The van der Waals surface area contributed by atoms with Crippen molar-refractivity contribution in [3.63, 3.8) is 0 Å². The summed E-state index contributed by atoms with van der Waals surface area (Å²) in [6.07, 6.45) is 8.12. The molecule has 1 amide bonds. The molecule has 1 unspecified atom stereocenters. The van der Waals surface area contributed by atoms with E-state index in [1.165, 1.54) is 0 Å². The van der Waals surface area contributed by atoms with Crippen molar-refractivity contribution in [2.24, 2.45) is 0 Å². The normalized spacial score (nSPS) is 14.6. The number of aromatic nitrogens is 2. The molecule has 0 aliphatic heterocycles. The van der Waals surface area contributed by atoms with Crippen molar-refractivity contribution in [3.05, 3.63) is 119 Å². The second-order valence-corrected chi connectivity index (χ2v) is 11.5. The second kappa shape index (κ2) is 11.9. The zero-order valence-electron chi connectivity index (χ0n) is 22.0. The summed E-state index contributed by atoms with van der Waals surface area (Å²) in [5, 5.41) is 0. The van der Waals surface area contributed by atoms with E-state index in [4.69, 9.17) is 0 Å². The highest BCUT2D eigenvalue weighted by Crippen LogP contribution is 2.35. The van der Waals surface area contributed by atoms with E-state index in [2.05, 4.69) is 14.7 Å². The monoisotopic (exact) mass is 540 g/mol. The van der Waals surface area contributed by atoms with Gasteiger partial charge in [0, 0.05) is 30.5 Å². The van der Waals surface area contributed by atoms with E-state index in [-0.39, 0.29) is 23.4 Å². The van der Waals surface area contributed by atoms with Crippen molar-refractivity contribution < 1.29 is 13.2 Å². The number of hydrogen-bond donors (Lipinski definition) is 1. The molecule has 1 N–H and O–H groups in total. The standard InChI is InChI=1S/C31H32N4O3S/c1-2-23-8-14-28(15-9-23)39(37,38)34-30-16-12-25-11-13-27(20-29(25)30)35(22-26-21-32-18-19-33-26)31(36)17-10-24-6-4-3-5-7-24/h3-9,11,13-15,18-21,30,34H,2,10,12,16-17,22H2,1H3. The first-order chi connectivity index (χ1) is 18.9. The number of amides is 1. The fourth-order valence-corrected chi connectivity index (χ4v) is 6.22. The maximum Gasteiger partial charge on any atom is 0.241 e. The molecule has 0 bridgehead atoms. The smallest absolute Gasteiger partial charge is 0.241 e. The number of carbonyl (C=O) groups is 1. The van der Waals surface area contributed by atoms with E-state index in [9.17, 15) is 13.2 Å². The van der Waals surface area contributed by atoms with Crippen molar-refractivity contribution >= 4 is 21.6 Å². The fraction of sp³-hybridized carbons (Fsp3) is 0.258. The lowest BCUT2D eigenvalue weighted by Crippen LogP contribution is -2.31. The Bertz CT molecular complexity index is 1530. The van der Waals surface area contributed by atoms with Crippen molar-refractivity contribution in [1.82, 2.24) is 14.7 Å². The summed E-state index contributed by atoms with van der Waals surface area (Å²) in [6.45, 7) is 2.31. The lowest BCUT2D eigenvalue weighted by atomic mass is 10.1. The number of sulfonamides is 1. The quantitative estimate of drug-likeness (QED) is 0.300. The third-order valence-corrected chi connectivity index (χ3v) is 8.65. The lowest BCUT2D eigenvalue weighted by Gasteiger charge is -2.24. The zero-order valence-corrected chi connectivity index (χ0v) is 22.8. The van der Waals surface area contributed by atoms with E-state index in [1.807, 2.05) is 67.6 Å². The molecule has 1 atom stereocenters. The topological polar surface area (TPSA) is 92.3 Å². The van der Waals surface area contributed by atoms with Crippen LogP contribution in [0.15, 0.2) is 96.3 Å². The van der Waals surface area contributed by atoms with Crippen LogP contribution in [0.1, 0.15) is 53.8 Å². The molecule has 8 heteroatoms. The van der Waals surface area contributed by atoms with E-state index in [0.717, 1.165) is 40.8 Å². The van der Waals surface area contributed by atoms with E-state index < -0.39 is 10.0 Å². The summed E-state index contributed by atoms with van der Waals surface area (Å²) in [5.41, 5.74) is 5.57. The van der Waals surface area contributed by atoms with Crippen LogP contribution in [0.25, 0.3) is 0 Å². The van der Waals surface area contributed by atoms with Gasteiger partial charge in [0.05, 0.1) is 23.3 Å². The first-order valence-electron chi connectivity index (χ1n) is 13.3. The predicted molar refractivity (Wildman–Crippen MR) is 152 cm³/mol. The molecule has 1 aromatic heterocycles. The molecule has 0 saturated heterocycles. The molecule has 5 rings (SSSR count). The fourth-order valence-electron chi connectivity index (χ4n) is 4.97. The van der Waals surface area contributed by atoms with Gasteiger partial charge in [0.2, 0.25) is 15.9 Å². The minimum atomic E-state index is -3.70. The molecule has 0 radical (unpaired) electrons. The van der Waals surface area contributed by atoms with Gasteiger partial charge in [-0.3, -0.25) is 14.8 Å². The SMILES string of the molecule is CCc1ccc(S(=O)(=O)NC2CCc3ccc(N(Cc4cnccn4)C(=O)CCc4ccccc4)cc32)cc1. The van der Waals surface area contributed by atoms with Gasteiger partial charge in [0.1, 0.15) is 0 Å². The van der Waals surface area contributed by atoms with E-state index >= 15 is 0 Å². The third kappa shape index (κ3) is 6.41. The molecule has 200 valence electrons. The van der Waals surface area contributed by atoms with Gasteiger partial charge >= 0.3 is 0 Å². The van der Waals surface area contributed by atoms with Crippen LogP contribution in [0.2, 0.25) is 0 Å². The van der Waals surface area contributed by atoms with Gasteiger partial charge in [0.25, 0.3) is 0 Å². The number of nitrogens with one attached hydrogen (secondary N) is 1. The summed E-state index contributed by atoms with van der Waals surface area (Å²) >= 11 is 0. The van der Waals surface area contributed by atoms with Gasteiger partial charge in [-0.05, 0) is 72.2 Å². The van der Waals surface area contributed by atoms with Gasteiger partial charge in [0.15, 0.2) is 0 Å². The molecule has 0 saturated carbocycles. The number of carbonyl (C=O) groups excluding carboxylic acids is 1. The molecule has 39 heavy (non-hydrogen) atoms. The van der Waals surface area contributed by atoms with Gasteiger partial charge < -0.3 is 4.90 Å². The Kier molecular flexibility index (Phi) is 8.14. The molecule has 4 aromatic rings. The largest absolute Gasteiger partial charge is 0.306 e. The first kappa shape index (κ1) is 26.7. The van der Waals surface area contributed by atoms with Gasteiger partial charge in [-0.2, -0.15) is 0 Å². The van der Waals surface area contributed by atoms with E-state index in [0.29, 0.717) is 25.0 Å². The van der Waals surface area contributed by atoms with Crippen molar-refractivity contribution in [1.29, 1.82) is 0 Å². The van der Waals surface area contributed by atoms with Crippen LogP contribution in [-0.4, -0.2) is 24.3 Å². The van der Waals surface area contributed by atoms with Gasteiger partial charge in [-0.25, -0.2) is 13.1 Å². The van der Waals surface area contributed by atoms with Crippen molar-refractivity contribution in [2.45, 2.75) is 56.5 Å². The Morgan fingerprint density at radius 2 is 1.79 bits per heavy atom. The van der Waals surface area contributed by atoms with E-state index in [1.54, 1.807) is 35.6 Å². The molecule has 1 heterocycles. The van der Waals surface area contributed by atoms with Gasteiger partial charge in [-0.1, -0.05) is 55.5 Å². The van der Waals surface area contributed by atoms with Crippen LogP contribution in [-0.2, 0) is 40.6 Å². The maximum absolute atomic E-state index is 13.5. The number of aryl methyl sites for hydroxylation is 3. The summed E-state index contributed by atoms with van der Waals surface area (Å²) < 4.78 is 29.3. The third-order valence-electron chi connectivity index (χ3n) is 7.17. The van der Waals surface area contributed by atoms with Crippen LogP contribution in [0, 0.1) is 0 Å². The van der Waals surface area contributed by atoms with Crippen LogP contribution in [0.3, 0.4) is 0 Å². The number of anilines is 1. The van der Waals surface area contributed by atoms with Gasteiger partial charge in [-0.15, -0.1) is 0 Å². The highest BCUT2D eigenvalue weighted by Gasteiger charge is 2.29. The average Bonchev–Trinajstić information content (AvgIpc) is 3.37. The highest BCUT2D eigenvalue weighted by atomic mass is 32.2. The summed E-state index contributed by atoms with van der Waals surface area (Å²) in [7, 11) is -3.70. The Hall–Kier alpha value is -3.88. The minimum Gasteiger partial charge on any atom is -0.306 e. The maximum atomic E-state index is 13.5. The Balaban J connectivity index is 1.40. The van der Waals surface area contributed by atoms with Crippen molar-refractivity contribution in [3.8, 4) is 0 Å². The van der Waals surface area contributed by atoms with Crippen molar-refractivity contribution in [2.75, 3.05) is 4.90 Å². The second-order valence-electron chi connectivity index (χ2n) is 9.76. The Morgan fingerprint density at radius 1 is 1.00 bits per heavy atom. The summed E-state index contributed by atoms with van der Waals surface area (Å²) in [5.74, 6) is -0.0319. The highest BCUT2D eigenvalue weighted by molar-refractivity contribution is 7.89. The number of hydrogen-bond acceptors (Lipinski definition) is 5. The molecule has 1 aliphatic carbocycles. The summed E-state index contributed by atoms with van der Waals surface area (Å²) in [4.78, 5) is 24.0. The Morgan fingerprint density at radius 3 is 2.51 bits per heavy atom. The van der Waals surface area contributed by atoms with Crippen LogP contribution >= 0.6 is 0 Å². The molecule has 1 aliphatic rings. The molecule has 7 nitrogen and oxygen atoms in total. The molecule has 0 spiro atoms. The Labute approximate surface area is 230 Å². The molecular weight excluding hydrogens is 508 g/mol. The number of rotatable bonds is 10. The summed E-state index contributed by atoms with van der Waals surface area (Å²) in [6, 6.07) is 22.5. The lowest BCUT2D eigenvalue weighted by molar-refractivity contribution is -0.118. The average molecular weight is 541 g/mol. The molecule has 0 fully saturated rings.